The maximum atomic E-state index is 12.7. The first-order chi connectivity index (χ1) is 15.1. The molecule has 0 aliphatic carbocycles. The van der Waals surface area contributed by atoms with Crippen LogP contribution in [0.3, 0.4) is 0 Å². The van der Waals surface area contributed by atoms with Crippen molar-refractivity contribution in [1.82, 2.24) is 9.88 Å². The monoisotopic (exact) mass is 443 g/mol. The van der Waals surface area contributed by atoms with E-state index in [1.165, 1.54) is 11.3 Å². The summed E-state index contributed by atoms with van der Waals surface area (Å²) in [4.78, 5) is 19.0. The predicted octanol–water partition coefficient (Wildman–Crippen LogP) is 4.40. The zero-order chi connectivity index (χ0) is 21.8. The van der Waals surface area contributed by atoms with Crippen LogP contribution in [0.4, 0.5) is 10.5 Å². The van der Waals surface area contributed by atoms with Gasteiger partial charge in [-0.25, -0.2) is 9.78 Å². The number of hydrogen-bond donors (Lipinski definition) is 1. The summed E-state index contributed by atoms with van der Waals surface area (Å²) in [6.07, 6.45) is 1.52. The Morgan fingerprint density at radius 3 is 2.32 bits per heavy atom. The van der Waals surface area contributed by atoms with E-state index in [0.29, 0.717) is 35.5 Å². The molecule has 0 atom stereocenters. The van der Waals surface area contributed by atoms with Crippen molar-refractivity contribution >= 4 is 33.3 Å². The van der Waals surface area contributed by atoms with Crippen LogP contribution in [-0.4, -0.2) is 56.4 Å². The molecule has 2 aromatic carbocycles. The number of nitrogens with one attached hydrogen (secondary N) is 1. The van der Waals surface area contributed by atoms with Gasteiger partial charge in [-0.2, -0.15) is 0 Å². The first kappa shape index (κ1) is 21.0. The first-order valence-electron chi connectivity index (χ1n) is 9.98. The van der Waals surface area contributed by atoms with Gasteiger partial charge in [-0.3, -0.25) is 0 Å². The first-order valence-corrected chi connectivity index (χ1v) is 10.8. The number of carbonyl (C=O) groups excluding carboxylic acids is 1. The van der Waals surface area contributed by atoms with E-state index in [4.69, 9.17) is 18.9 Å². The molecule has 2 amide bonds. The Morgan fingerprint density at radius 1 is 1.00 bits per heavy atom. The van der Waals surface area contributed by atoms with Crippen LogP contribution in [0.5, 0.6) is 22.4 Å². The molecule has 0 radical (unpaired) electrons. The average Bonchev–Trinajstić information content (AvgIpc) is 3.20. The zero-order valence-electron chi connectivity index (χ0n) is 17.7. The van der Waals surface area contributed by atoms with Crippen LogP contribution in [-0.2, 0) is 0 Å². The fourth-order valence-electron chi connectivity index (χ4n) is 3.46. The van der Waals surface area contributed by atoms with Crippen molar-refractivity contribution in [1.29, 1.82) is 0 Å². The quantitative estimate of drug-likeness (QED) is 0.608. The lowest BCUT2D eigenvalue weighted by atomic mass is 10.1. The molecule has 0 spiro atoms. The fourth-order valence-corrected chi connectivity index (χ4v) is 4.37. The summed E-state index contributed by atoms with van der Waals surface area (Å²) in [5.41, 5.74) is 1.52. The lowest BCUT2D eigenvalue weighted by Gasteiger charge is -2.31. The summed E-state index contributed by atoms with van der Waals surface area (Å²) in [7, 11) is 4.80. The van der Waals surface area contributed by atoms with Gasteiger partial charge in [0.2, 0.25) is 0 Å². The Hall–Kier alpha value is -3.20. The van der Waals surface area contributed by atoms with Gasteiger partial charge >= 0.3 is 6.03 Å². The Labute approximate surface area is 184 Å². The molecule has 2 heterocycles. The molecular formula is C22H25N3O5S. The van der Waals surface area contributed by atoms with Crippen molar-refractivity contribution in [2.75, 3.05) is 39.7 Å². The van der Waals surface area contributed by atoms with Crippen LogP contribution in [0.1, 0.15) is 12.8 Å². The van der Waals surface area contributed by atoms with E-state index in [2.05, 4.69) is 10.3 Å². The third-order valence-electron chi connectivity index (χ3n) is 5.18. The Kier molecular flexibility index (Phi) is 6.31. The zero-order valence-corrected chi connectivity index (χ0v) is 18.5. The summed E-state index contributed by atoms with van der Waals surface area (Å²) in [5.74, 6) is 2.04. The summed E-state index contributed by atoms with van der Waals surface area (Å²) >= 11 is 1.51. The van der Waals surface area contributed by atoms with E-state index in [9.17, 15) is 4.79 Å². The van der Waals surface area contributed by atoms with Gasteiger partial charge in [0.1, 0.15) is 23.4 Å². The lowest BCUT2D eigenvalue weighted by molar-refractivity contribution is 0.115. The summed E-state index contributed by atoms with van der Waals surface area (Å²) in [6.45, 7) is 1.21. The number of thiazole rings is 1. The Balaban J connectivity index is 1.33. The molecule has 4 rings (SSSR count). The van der Waals surface area contributed by atoms with Crippen molar-refractivity contribution in [3.05, 3.63) is 36.4 Å². The minimum absolute atomic E-state index is 0.0309. The number of rotatable bonds is 6. The van der Waals surface area contributed by atoms with Crippen molar-refractivity contribution in [2.45, 2.75) is 18.9 Å². The number of ether oxygens (including phenoxy) is 4. The summed E-state index contributed by atoms with van der Waals surface area (Å²) < 4.78 is 22.9. The lowest BCUT2D eigenvalue weighted by Crippen LogP contribution is -2.43. The van der Waals surface area contributed by atoms with E-state index in [-0.39, 0.29) is 12.1 Å². The van der Waals surface area contributed by atoms with Gasteiger partial charge in [-0.05, 0) is 18.2 Å². The molecule has 3 aromatic rings. The highest BCUT2D eigenvalue weighted by Gasteiger charge is 2.25. The number of fused-ring (bicyclic) bond motifs is 1. The normalized spacial score (nSPS) is 14.4. The number of amides is 2. The van der Waals surface area contributed by atoms with Gasteiger partial charge < -0.3 is 29.2 Å². The molecular weight excluding hydrogens is 418 g/mol. The largest absolute Gasteiger partial charge is 0.497 e. The van der Waals surface area contributed by atoms with Gasteiger partial charge in [0.05, 0.1) is 31.5 Å². The van der Waals surface area contributed by atoms with Crippen LogP contribution in [0.15, 0.2) is 36.4 Å². The van der Waals surface area contributed by atoms with Crippen LogP contribution >= 0.6 is 11.3 Å². The molecule has 31 heavy (non-hydrogen) atoms. The predicted molar refractivity (Wildman–Crippen MR) is 120 cm³/mol. The van der Waals surface area contributed by atoms with Crippen molar-refractivity contribution in [3.8, 4) is 22.4 Å². The molecule has 1 fully saturated rings. The number of benzene rings is 2. The van der Waals surface area contributed by atoms with Crippen LogP contribution in [0.25, 0.3) is 10.2 Å². The van der Waals surface area contributed by atoms with Crippen molar-refractivity contribution < 1.29 is 23.7 Å². The molecule has 1 aromatic heterocycles. The SMILES string of the molecule is COc1cc(NC(=O)N2CCC(Oc3nc4ccc(OC)cc4s3)CC2)cc(OC)c1. The number of anilines is 1. The number of carbonyl (C=O) groups is 1. The second-order valence-corrected chi connectivity index (χ2v) is 8.14. The van der Waals surface area contributed by atoms with Gasteiger partial charge in [-0.15, -0.1) is 0 Å². The maximum absolute atomic E-state index is 12.7. The third kappa shape index (κ3) is 4.93. The molecule has 9 heteroatoms. The number of methoxy groups -OCH3 is 3. The van der Waals surface area contributed by atoms with E-state index < -0.39 is 0 Å². The van der Waals surface area contributed by atoms with Crippen LogP contribution < -0.4 is 24.3 Å². The third-order valence-corrected chi connectivity index (χ3v) is 6.08. The molecule has 0 saturated carbocycles. The summed E-state index contributed by atoms with van der Waals surface area (Å²) in [6, 6.07) is 10.9. The topological polar surface area (TPSA) is 82.2 Å². The maximum Gasteiger partial charge on any atom is 0.321 e. The van der Waals surface area contributed by atoms with Gasteiger partial charge in [-0.1, -0.05) is 11.3 Å². The van der Waals surface area contributed by atoms with Gasteiger partial charge in [0.25, 0.3) is 5.19 Å². The highest BCUT2D eigenvalue weighted by atomic mass is 32.1. The highest BCUT2D eigenvalue weighted by Crippen LogP contribution is 2.32. The van der Waals surface area contributed by atoms with E-state index in [1.807, 2.05) is 18.2 Å². The smallest absolute Gasteiger partial charge is 0.321 e. The van der Waals surface area contributed by atoms with Crippen molar-refractivity contribution in [3.63, 3.8) is 0 Å². The molecule has 1 saturated heterocycles. The minimum atomic E-state index is -0.152. The molecule has 8 nitrogen and oxygen atoms in total. The molecule has 1 aliphatic heterocycles. The van der Waals surface area contributed by atoms with E-state index >= 15 is 0 Å². The molecule has 0 unspecified atom stereocenters. The van der Waals surface area contributed by atoms with Crippen LogP contribution in [0, 0.1) is 0 Å². The van der Waals surface area contributed by atoms with Gasteiger partial charge in [0, 0.05) is 49.8 Å². The van der Waals surface area contributed by atoms with Crippen molar-refractivity contribution in [2.24, 2.45) is 0 Å². The molecule has 164 valence electrons. The number of aromatic nitrogens is 1. The minimum Gasteiger partial charge on any atom is -0.497 e. The number of urea groups is 1. The number of piperidine rings is 1. The second kappa shape index (κ2) is 9.30. The summed E-state index contributed by atoms with van der Waals surface area (Å²) in [5, 5.41) is 3.57. The molecule has 1 N–H and O–H groups in total. The standard InChI is InChI=1S/C22H25N3O5S/c1-27-16-4-5-19-20(13-16)31-22(24-19)30-15-6-8-25(9-7-15)21(26)23-14-10-17(28-2)12-18(11-14)29-3/h4-5,10-13,15H,6-9H2,1-3H3,(H,23,26). The second-order valence-electron chi connectivity index (χ2n) is 7.15. The van der Waals surface area contributed by atoms with Gasteiger partial charge in [0.15, 0.2) is 0 Å². The number of likely N-dealkylation sites (tertiary alicyclic amines) is 1. The highest BCUT2D eigenvalue weighted by molar-refractivity contribution is 7.20. The van der Waals surface area contributed by atoms with E-state index in [0.717, 1.165) is 28.8 Å². The number of hydrogen-bond acceptors (Lipinski definition) is 7. The number of nitrogens with zero attached hydrogens (tertiary/aromatic N) is 2. The van der Waals surface area contributed by atoms with E-state index in [1.54, 1.807) is 44.4 Å². The van der Waals surface area contributed by atoms with Crippen LogP contribution in [0.2, 0.25) is 0 Å². The fraction of sp³-hybridized carbons (Fsp3) is 0.364. The molecule has 1 aliphatic rings. The Bertz CT molecular complexity index is 1040. The molecule has 0 bridgehead atoms. The average molecular weight is 444 g/mol. The Morgan fingerprint density at radius 2 is 1.68 bits per heavy atom.